The van der Waals surface area contributed by atoms with Crippen molar-refractivity contribution in [2.75, 3.05) is 13.1 Å². The number of hydrogen-bond donors (Lipinski definition) is 1. The van der Waals surface area contributed by atoms with Crippen LogP contribution < -0.4 is 5.32 Å². The van der Waals surface area contributed by atoms with Gasteiger partial charge in [-0.15, -0.1) is 0 Å². The number of piperidine rings is 1. The van der Waals surface area contributed by atoms with E-state index in [1.54, 1.807) is 12.4 Å². The van der Waals surface area contributed by atoms with Crippen LogP contribution in [0.2, 0.25) is 0 Å². The van der Waals surface area contributed by atoms with Crippen LogP contribution in [0.4, 0.5) is 0 Å². The smallest absolute Gasteiger partial charge is 0.143 e. The van der Waals surface area contributed by atoms with Crippen LogP contribution in [0.1, 0.15) is 38.2 Å². The Hall–Kier alpha value is -0.740. The van der Waals surface area contributed by atoms with E-state index in [0.29, 0.717) is 12.2 Å². The summed E-state index contributed by atoms with van der Waals surface area (Å²) in [6.07, 6.45) is 8.08. The van der Waals surface area contributed by atoms with Crippen LogP contribution in [0, 0.1) is 5.41 Å². The second-order valence-corrected chi connectivity index (χ2v) is 6.31. The maximum Gasteiger partial charge on any atom is 0.143 e. The fraction of sp³-hybridized carbons (Fsp3) is 0.600. The molecule has 0 aliphatic carbocycles. The highest BCUT2D eigenvalue weighted by Crippen LogP contribution is 2.36. The van der Waals surface area contributed by atoms with Crippen molar-refractivity contribution in [2.24, 2.45) is 5.41 Å². The van der Waals surface area contributed by atoms with Crippen molar-refractivity contribution in [3.05, 3.63) is 28.5 Å². The maximum absolute atomic E-state index is 12.7. The highest BCUT2D eigenvalue weighted by molar-refractivity contribution is 9.10. The molecule has 2 heterocycles. The van der Waals surface area contributed by atoms with Gasteiger partial charge in [-0.2, -0.15) is 0 Å². The van der Waals surface area contributed by atoms with Crippen molar-refractivity contribution >= 4 is 21.7 Å². The zero-order valence-corrected chi connectivity index (χ0v) is 13.0. The van der Waals surface area contributed by atoms with Crippen LogP contribution in [0.5, 0.6) is 0 Å². The predicted molar refractivity (Wildman–Crippen MR) is 80.1 cm³/mol. The summed E-state index contributed by atoms with van der Waals surface area (Å²) < 4.78 is 0.938. The van der Waals surface area contributed by atoms with E-state index in [1.165, 1.54) is 0 Å². The third-order valence-electron chi connectivity index (χ3n) is 4.01. The van der Waals surface area contributed by atoms with E-state index in [2.05, 4.69) is 33.2 Å². The van der Waals surface area contributed by atoms with Gasteiger partial charge in [-0.3, -0.25) is 9.78 Å². The molecule has 1 aromatic rings. The monoisotopic (exact) mass is 324 g/mol. The molecule has 0 unspecified atom stereocenters. The van der Waals surface area contributed by atoms with Gasteiger partial charge in [-0.1, -0.05) is 13.3 Å². The number of carbonyl (C=O) groups excluding carboxylic acids is 1. The molecule has 4 heteroatoms. The number of Topliss-reactive ketones (excluding diaryl/α,β-unsaturated/α-hetero) is 1. The van der Waals surface area contributed by atoms with Crippen molar-refractivity contribution < 1.29 is 4.79 Å². The van der Waals surface area contributed by atoms with Gasteiger partial charge in [0, 0.05) is 28.7 Å². The van der Waals surface area contributed by atoms with Gasteiger partial charge < -0.3 is 5.32 Å². The lowest BCUT2D eigenvalue weighted by Gasteiger charge is -2.36. The van der Waals surface area contributed by atoms with Gasteiger partial charge in [-0.05, 0) is 59.9 Å². The fourth-order valence-corrected chi connectivity index (χ4v) is 3.39. The van der Waals surface area contributed by atoms with Crippen molar-refractivity contribution in [1.82, 2.24) is 10.3 Å². The average molecular weight is 325 g/mol. The number of rotatable bonds is 5. The first-order valence-electron chi connectivity index (χ1n) is 7.00. The predicted octanol–water partition coefficient (Wildman–Crippen LogP) is 3.13. The molecule has 1 aromatic heterocycles. The molecular formula is C15H21BrN2O. The minimum atomic E-state index is -0.109. The fourth-order valence-electron chi connectivity index (χ4n) is 2.98. The van der Waals surface area contributed by atoms with Crippen LogP contribution in [0.15, 0.2) is 22.9 Å². The molecule has 1 aliphatic rings. The normalized spacial score (nSPS) is 18.2. The third-order valence-corrected chi connectivity index (χ3v) is 4.44. The van der Waals surface area contributed by atoms with Crippen LogP contribution >= 0.6 is 15.9 Å². The SMILES string of the molecule is CCCC1(C(=O)Cc2cncc(Br)c2)CCNCC1. The summed E-state index contributed by atoms with van der Waals surface area (Å²) in [4.78, 5) is 16.9. The first-order chi connectivity index (χ1) is 9.16. The Balaban J connectivity index is 2.11. The quantitative estimate of drug-likeness (QED) is 0.904. The van der Waals surface area contributed by atoms with Gasteiger partial charge in [0.15, 0.2) is 0 Å². The zero-order chi connectivity index (χ0) is 13.7. The van der Waals surface area contributed by atoms with Crippen molar-refractivity contribution in [1.29, 1.82) is 0 Å². The summed E-state index contributed by atoms with van der Waals surface area (Å²) in [6.45, 7) is 4.09. The van der Waals surface area contributed by atoms with Gasteiger partial charge in [0.2, 0.25) is 0 Å². The second kappa shape index (κ2) is 6.62. The van der Waals surface area contributed by atoms with Crippen LogP contribution in [0.25, 0.3) is 0 Å². The summed E-state index contributed by atoms with van der Waals surface area (Å²) in [5.41, 5.74) is 0.899. The second-order valence-electron chi connectivity index (χ2n) is 5.39. The summed E-state index contributed by atoms with van der Waals surface area (Å²) in [5, 5.41) is 3.35. The summed E-state index contributed by atoms with van der Waals surface area (Å²) >= 11 is 3.41. The van der Waals surface area contributed by atoms with E-state index in [4.69, 9.17) is 0 Å². The average Bonchev–Trinajstić information content (AvgIpc) is 2.40. The highest BCUT2D eigenvalue weighted by Gasteiger charge is 2.37. The van der Waals surface area contributed by atoms with Crippen molar-refractivity contribution in [2.45, 2.75) is 39.0 Å². The number of hydrogen-bond acceptors (Lipinski definition) is 3. The van der Waals surface area contributed by atoms with Gasteiger partial charge in [0.05, 0.1) is 0 Å². The molecule has 2 rings (SSSR count). The molecule has 0 radical (unpaired) electrons. The molecule has 0 amide bonds. The molecular weight excluding hydrogens is 304 g/mol. The number of nitrogens with one attached hydrogen (secondary N) is 1. The zero-order valence-electron chi connectivity index (χ0n) is 11.4. The number of carbonyl (C=O) groups is 1. The summed E-state index contributed by atoms with van der Waals surface area (Å²) in [6, 6.07) is 1.99. The van der Waals surface area contributed by atoms with Gasteiger partial charge in [-0.25, -0.2) is 0 Å². The molecule has 1 saturated heterocycles. The number of halogens is 1. The Labute approximate surface area is 123 Å². The molecule has 104 valence electrons. The van der Waals surface area contributed by atoms with Crippen LogP contribution in [-0.2, 0) is 11.2 Å². The Bertz CT molecular complexity index is 436. The highest BCUT2D eigenvalue weighted by atomic mass is 79.9. The third kappa shape index (κ3) is 3.63. The number of aromatic nitrogens is 1. The van der Waals surface area contributed by atoms with E-state index in [0.717, 1.165) is 48.8 Å². The van der Waals surface area contributed by atoms with Gasteiger partial charge >= 0.3 is 0 Å². The van der Waals surface area contributed by atoms with Gasteiger partial charge in [0.1, 0.15) is 5.78 Å². The molecule has 19 heavy (non-hydrogen) atoms. The standard InChI is InChI=1S/C15H21BrN2O/c1-2-3-15(4-6-17-7-5-15)14(19)9-12-8-13(16)11-18-10-12/h8,10-11,17H,2-7,9H2,1H3. The van der Waals surface area contributed by atoms with Gasteiger partial charge in [0.25, 0.3) is 0 Å². The van der Waals surface area contributed by atoms with E-state index in [9.17, 15) is 4.79 Å². The molecule has 0 spiro atoms. The summed E-state index contributed by atoms with van der Waals surface area (Å²) in [5.74, 6) is 0.385. The van der Waals surface area contributed by atoms with Crippen molar-refractivity contribution in [3.63, 3.8) is 0 Å². The van der Waals surface area contributed by atoms with E-state index < -0.39 is 0 Å². The number of pyridine rings is 1. The molecule has 3 nitrogen and oxygen atoms in total. The Morgan fingerprint density at radius 2 is 2.16 bits per heavy atom. The lowest BCUT2D eigenvalue weighted by atomic mass is 9.71. The molecule has 1 aliphatic heterocycles. The minimum Gasteiger partial charge on any atom is -0.317 e. The lowest BCUT2D eigenvalue weighted by Crippen LogP contribution is -2.42. The van der Waals surface area contributed by atoms with E-state index in [1.807, 2.05) is 6.07 Å². The molecule has 0 bridgehead atoms. The van der Waals surface area contributed by atoms with Crippen LogP contribution in [0.3, 0.4) is 0 Å². The van der Waals surface area contributed by atoms with E-state index >= 15 is 0 Å². The minimum absolute atomic E-state index is 0.109. The number of ketones is 1. The first-order valence-corrected chi connectivity index (χ1v) is 7.79. The molecule has 0 aromatic carbocycles. The maximum atomic E-state index is 12.7. The Morgan fingerprint density at radius 3 is 2.79 bits per heavy atom. The first kappa shape index (κ1) is 14.7. The molecule has 1 N–H and O–H groups in total. The number of nitrogens with zero attached hydrogens (tertiary/aromatic N) is 1. The topological polar surface area (TPSA) is 42.0 Å². The molecule has 0 saturated carbocycles. The summed E-state index contributed by atoms with van der Waals surface area (Å²) in [7, 11) is 0. The molecule has 0 atom stereocenters. The molecule has 1 fully saturated rings. The lowest BCUT2D eigenvalue weighted by molar-refractivity contribution is -0.130. The van der Waals surface area contributed by atoms with E-state index in [-0.39, 0.29) is 5.41 Å². The largest absolute Gasteiger partial charge is 0.317 e. The van der Waals surface area contributed by atoms with Crippen molar-refractivity contribution in [3.8, 4) is 0 Å². The Morgan fingerprint density at radius 1 is 1.42 bits per heavy atom. The van der Waals surface area contributed by atoms with Crippen LogP contribution in [-0.4, -0.2) is 23.9 Å². The Kier molecular flexibility index (Phi) is 5.11.